The molecular formula is C12H17ClN2OS. The van der Waals surface area contributed by atoms with Gasteiger partial charge in [0.2, 0.25) is 5.91 Å². The van der Waals surface area contributed by atoms with Gasteiger partial charge in [0.1, 0.15) is 0 Å². The van der Waals surface area contributed by atoms with Crippen molar-refractivity contribution in [3.63, 3.8) is 0 Å². The van der Waals surface area contributed by atoms with Crippen LogP contribution in [0.3, 0.4) is 0 Å². The summed E-state index contributed by atoms with van der Waals surface area (Å²) in [5, 5.41) is 6.40. The highest BCUT2D eigenvalue weighted by Gasteiger charge is 2.19. The SMILES string of the molecule is CC(NC1CCCNC(=O)C1)c1ccc(Cl)s1. The van der Waals surface area contributed by atoms with Crippen molar-refractivity contribution in [1.29, 1.82) is 0 Å². The summed E-state index contributed by atoms with van der Waals surface area (Å²) >= 11 is 7.52. The fourth-order valence-corrected chi connectivity index (χ4v) is 3.19. The zero-order chi connectivity index (χ0) is 12.3. The van der Waals surface area contributed by atoms with Crippen LogP contribution in [0.1, 0.15) is 37.1 Å². The van der Waals surface area contributed by atoms with Gasteiger partial charge in [-0.2, -0.15) is 0 Å². The molecule has 0 radical (unpaired) electrons. The van der Waals surface area contributed by atoms with Crippen molar-refractivity contribution in [2.45, 2.75) is 38.3 Å². The molecule has 2 unspecified atom stereocenters. The van der Waals surface area contributed by atoms with Gasteiger partial charge in [-0.05, 0) is 31.9 Å². The summed E-state index contributed by atoms with van der Waals surface area (Å²) < 4.78 is 0.812. The Bertz CT molecular complexity index is 394. The van der Waals surface area contributed by atoms with Gasteiger partial charge in [0.25, 0.3) is 0 Å². The summed E-state index contributed by atoms with van der Waals surface area (Å²) in [6.45, 7) is 2.92. The maximum atomic E-state index is 11.4. The third-order valence-electron chi connectivity index (χ3n) is 2.99. The number of hydrogen-bond donors (Lipinski definition) is 2. The normalized spacial score (nSPS) is 22.9. The molecule has 0 saturated carbocycles. The predicted molar refractivity (Wildman–Crippen MR) is 71.5 cm³/mol. The van der Waals surface area contributed by atoms with Crippen LogP contribution in [0.25, 0.3) is 0 Å². The maximum Gasteiger partial charge on any atom is 0.221 e. The first-order chi connectivity index (χ1) is 8.15. The number of carbonyl (C=O) groups excluding carboxylic acids is 1. The minimum absolute atomic E-state index is 0.149. The van der Waals surface area contributed by atoms with Crippen molar-refractivity contribution in [2.75, 3.05) is 6.54 Å². The molecule has 1 aliphatic heterocycles. The third kappa shape index (κ3) is 3.69. The summed E-state index contributed by atoms with van der Waals surface area (Å²) in [6, 6.07) is 4.48. The number of hydrogen-bond acceptors (Lipinski definition) is 3. The monoisotopic (exact) mass is 272 g/mol. The van der Waals surface area contributed by atoms with Crippen LogP contribution in [0.2, 0.25) is 4.34 Å². The van der Waals surface area contributed by atoms with Gasteiger partial charge in [-0.15, -0.1) is 11.3 Å². The molecule has 0 spiro atoms. The number of amides is 1. The molecular weight excluding hydrogens is 256 g/mol. The van der Waals surface area contributed by atoms with Crippen LogP contribution in [-0.4, -0.2) is 18.5 Å². The van der Waals surface area contributed by atoms with Crippen molar-refractivity contribution >= 4 is 28.8 Å². The van der Waals surface area contributed by atoms with E-state index in [1.807, 2.05) is 12.1 Å². The zero-order valence-electron chi connectivity index (χ0n) is 9.83. The van der Waals surface area contributed by atoms with E-state index >= 15 is 0 Å². The minimum Gasteiger partial charge on any atom is -0.356 e. The van der Waals surface area contributed by atoms with Gasteiger partial charge < -0.3 is 10.6 Å². The van der Waals surface area contributed by atoms with Crippen LogP contribution >= 0.6 is 22.9 Å². The lowest BCUT2D eigenvalue weighted by Gasteiger charge is -2.20. The van der Waals surface area contributed by atoms with Gasteiger partial charge in [0.05, 0.1) is 4.34 Å². The predicted octanol–water partition coefficient (Wildman–Crippen LogP) is 2.72. The van der Waals surface area contributed by atoms with Gasteiger partial charge in [0.15, 0.2) is 0 Å². The Morgan fingerprint density at radius 3 is 3.12 bits per heavy atom. The molecule has 17 heavy (non-hydrogen) atoms. The number of nitrogens with one attached hydrogen (secondary N) is 2. The van der Waals surface area contributed by atoms with Crippen molar-refractivity contribution < 1.29 is 4.79 Å². The highest BCUT2D eigenvalue weighted by molar-refractivity contribution is 7.16. The number of thiophene rings is 1. The van der Waals surface area contributed by atoms with E-state index in [4.69, 9.17) is 11.6 Å². The molecule has 0 aromatic carbocycles. The van der Waals surface area contributed by atoms with Gasteiger partial charge in [-0.3, -0.25) is 4.79 Å². The molecule has 2 N–H and O–H groups in total. The van der Waals surface area contributed by atoms with Crippen molar-refractivity contribution in [3.8, 4) is 0 Å². The fraction of sp³-hybridized carbons (Fsp3) is 0.583. The van der Waals surface area contributed by atoms with Crippen LogP contribution in [0.4, 0.5) is 0 Å². The van der Waals surface area contributed by atoms with Crippen molar-refractivity contribution in [1.82, 2.24) is 10.6 Å². The van der Waals surface area contributed by atoms with Gasteiger partial charge in [-0.25, -0.2) is 0 Å². The molecule has 2 atom stereocenters. The van der Waals surface area contributed by atoms with E-state index in [1.165, 1.54) is 4.88 Å². The highest BCUT2D eigenvalue weighted by Crippen LogP contribution is 2.27. The topological polar surface area (TPSA) is 41.1 Å². The smallest absolute Gasteiger partial charge is 0.221 e. The summed E-state index contributed by atoms with van der Waals surface area (Å²) in [5.74, 6) is 0.149. The summed E-state index contributed by atoms with van der Waals surface area (Å²) in [6.07, 6.45) is 2.66. The van der Waals surface area contributed by atoms with Crippen molar-refractivity contribution in [3.05, 3.63) is 21.3 Å². The van der Waals surface area contributed by atoms with Crippen LogP contribution in [0.5, 0.6) is 0 Å². The molecule has 1 aliphatic rings. The minimum atomic E-state index is 0.149. The van der Waals surface area contributed by atoms with E-state index in [2.05, 4.69) is 17.6 Å². The third-order valence-corrected chi connectivity index (χ3v) is 4.40. The standard InChI is InChI=1S/C12H17ClN2OS/c1-8(10-4-5-11(13)17-10)15-9-3-2-6-14-12(16)7-9/h4-5,8-9,15H,2-3,6-7H2,1H3,(H,14,16). The van der Waals surface area contributed by atoms with E-state index < -0.39 is 0 Å². The summed E-state index contributed by atoms with van der Waals surface area (Å²) in [5.41, 5.74) is 0. The number of halogens is 1. The van der Waals surface area contributed by atoms with Crippen molar-refractivity contribution in [2.24, 2.45) is 0 Å². The molecule has 2 heterocycles. The first-order valence-corrected chi connectivity index (χ1v) is 7.12. The second-order valence-electron chi connectivity index (χ2n) is 4.42. The average Bonchev–Trinajstić information content (AvgIpc) is 2.61. The fourth-order valence-electron chi connectivity index (χ4n) is 2.11. The van der Waals surface area contributed by atoms with E-state index in [9.17, 15) is 4.79 Å². The molecule has 1 saturated heterocycles. The number of rotatable bonds is 3. The first-order valence-electron chi connectivity index (χ1n) is 5.93. The molecule has 1 fully saturated rings. The largest absolute Gasteiger partial charge is 0.356 e. The van der Waals surface area contributed by atoms with E-state index in [0.29, 0.717) is 6.42 Å². The lowest BCUT2D eigenvalue weighted by Crippen LogP contribution is -2.34. The Balaban J connectivity index is 1.93. The molecule has 94 valence electrons. The van der Waals surface area contributed by atoms with E-state index in [0.717, 1.165) is 23.7 Å². The molecule has 2 rings (SSSR count). The van der Waals surface area contributed by atoms with Gasteiger partial charge >= 0.3 is 0 Å². The van der Waals surface area contributed by atoms with Crippen LogP contribution < -0.4 is 10.6 Å². The van der Waals surface area contributed by atoms with Gasteiger partial charge in [-0.1, -0.05) is 11.6 Å². The quantitative estimate of drug-likeness (QED) is 0.888. The second-order valence-corrected chi connectivity index (χ2v) is 6.17. The Hall–Kier alpha value is -0.580. The molecule has 1 aromatic rings. The average molecular weight is 273 g/mol. The van der Waals surface area contributed by atoms with Gasteiger partial charge in [0, 0.05) is 29.9 Å². The second kappa shape index (κ2) is 5.85. The molecule has 5 heteroatoms. The van der Waals surface area contributed by atoms with Crippen LogP contribution in [0, 0.1) is 0 Å². The molecule has 3 nitrogen and oxygen atoms in total. The molecule has 0 bridgehead atoms. The van der Waals surface area contributed by atoms with E-state index in [1.54, 1.807) is 11.3 Å². The Morgan fingerprint density at radius 1 is 1.59 bits per heavy atom. The lowest BCUT2D eigenvalue weighted by molar-refractivity contribution is -0.121. The van der Waals surface area contributed by atoms with Crippen LogP contribution in [-0.2, 0) is 4.79 Å². The maximum absolute atomic E-state index is 11.4. The molecule has 1 amide bonds. The highest BCUT2D eigenvalue weighted by atomic mass is 35.5. The first kappa shape index (κ1) is 12.9. The number of carbonyl (C=O) groups is 1. The summed E-state index contributed by atoms with van der Waals surface area (Å²) in [4.78, 5) is 12.7. The zero-order valence-corrected chi connectivity index (χ0v) is 11.4. The lowest BCUT2D eigenvalue weighted by atomic mass is 10.1. The molecule has 0 aliphatic carbocycles. The Kier molecular flexibility index (Phi) is 4.42. The van der Waals surface area contributed by atoms with E-state index in [-0.39, 0.29) is 18.0 Å². The van der Waals surface area contributed by atoms with Crippen LogP contribution in [0.15, 0.2) is 12.1 Å². The summed E-state index contributed by atoms with van der Waals surface area (Å²) in [7, 11) is 0. The Morgan fingerprint density at radius 2 is 2.41 bits per heavy atom. The Labute approximate surface area is 111 Å². The molecule has 1 aromatic heterocycles.